The average molecular weight is 559 g/mol. The van der Waals surface area contributed by atoms with Gasteiger partial charge in [0.2, 0.25) is 5.95 Å². The lowest BCUT2D eigenvalue weighted by Crippen LogP contribution is -2.52. The monoisotopic (exact) mass is 558 g/mol. The van der Waals surface area contributed by atoms with Crippen LogP contribution in [0.5, 0.6) is 5.75 Å². The fraction of sp³-hybridized carbons (Fsp3) is 0.393. The maximum absolute atomic E-state index is 15.7. The Kier molecular flexibility index (Phi) is 6.81. The van der Waals surface area contributed by atoms with Crippen LogP contribution in [0.1, 0.15) is 30.4 Å². The van der Waals surface area contributed by atoms with Crippen molar-refractivity contribution in [3.63, 3.8) is 0 Å². The van der Waals surface area contributed by atoms with Gasteiger partial charge in [0.15, 0.2) is 23.0 Å². The zero-order chi connectivity index (χ0) is 28.0. The Morgan fingerprint density at radius 1 is 1.10 bits per heavy atom. The normalized spacial score (nSPS) is 17.9. The van der Waals surface area contributed by atoms with Gasteiger partial charge >= 0.3 is 6.18 Å². The van der Waals surface area contributed by atoms with Crippen LogP contribution in [0, 0.1) is 17.6 Å². The number of ether oxygens (including phenoxy) is 1. The number of piperazine rings is 1. The van der Waals surface area contributed by atoms with E-state index in [1.54, 1.807) is 37.4 Å². The Morgan fingerprint density at radius 2 is 1.88 bits per heavy atom. The van der Waals surface area contributed by atoms with E-state index in [0.29, 0.717) is 35.7 Å². The van der Waals surface area contributed by atoms with Crippen LogP contribution >= 0.6 is 0 Å². The van der Waals surface area contributed by atoms with E-state index in [-0.39, 0.29) is 23.7 Å². The lowest BCUT2D eigenvalue weighted by Gasteiger charge is -2.36. The lowest BCUT2D eigenvalue weighted by molar-refractivity contribution is -0.140. The molecule has 1 saturated carbocycles. The Hall–Kier alpha value is -3.80. The summed E-state index contributed by atoms with van der Waals surface area (Å²) in [6.45, 7) is 1.96. The highest BCUT2D eigenvalue weighted by atomic mass is 19.4. The minimum atomic E-state index is -5.09. The first-order valence-electron chi connectivity index (χ1n) is 13.1. The third-order valence-corrected chi connectivity index (χ3v) is 7.42. The van der Waals surface area contributed by atoms with E-state index in [9.17, 15) is 17.6 Å². The van der Waals surface area contributed by atoms with Gasteiger partial charge in [0, 0.05) is 44.5 Å². The van der Waals surface area contributed by atoms with Crippen LogP contribution in [0.25, 0.3) is 22.3 Å². The predicted molar refractivity (Wildman–Crippen MR) is 139 cm³/mol. The largest absolute Gasteiger partial charge is 0.483 e. The first-order valence-corrected chi connectivity index (χ1v) is 13.1. The third-order valence-electron chi connectivity index (χ3n) is 7.42. The molecule has 12 heteroatoms. The van der Waals surface area contributed by atoms with Crippen LogP contribution in [0.4, 0.5) is 27.9 Å². The van der Waals surface area contributed by atoms with Gasteiger partial charge < -0.3 is 15.0 Å². The Labute approximate surface area is 227 Å². The van der Waals surface area contributed by atoms with Gasteiger partial charge in [-0.3, -0.25) is 0 Å². The third kappa shape index (κ3) is 5.07. The highest BCUT2D eigenvalue weighted by Gasteiger charge is 2.39. The van der Waals surface area contributed by atoms with Gasteiger partial charge in [0.05, 0.1) is 10.9 Å². The lowest BCUT2D eigenvalue weighted by atomic mass is 10.0. The summed E-state index contributed by atoms with van der Waals surface area (Å²) in [6, 6.07) is 9.04. The van der Waals surface area contributed by atoms with E-state index in [2.05, 4.69) is 25.3 Å². The van der Waals surface area contributed by atoms with Crippen molar-refractivity contribution >= 4 is 17.0 Å². The van der Waals surface area contributed by atoms with E-state index < -0.39 is 34.7 Å². The van der Waals surface area contributed by atoms with Crippen molar-refractivity contribution in [3.05, 3.63) is 65.4 Å². The molecule has 6 rings (SSSR count). The number of alkyl halides is 3. The molecule has 210 valence electrons. The van der Waals surface area contributed by atoms with Gasteiger partial charge in [-0.25, -0.2) is 18.4 Å². The summed E-state index contributed by atoms with van der Waals surface area (Å²) in [5, 5.41) is 7.94. The van der Waals surface area contributed by atoms with E-state index in [1.165, 1.54) is 23.7 Å². The van der Waals surface area contributed by atoms with E-state index >= 15 is 4.39 Å². The van der Waals surface area contributed by atoms with Crippen LogP contribution in [0.2, 0.25) is 0 Å². The van der Waals surface area contributed by atoms with Crippen molar-refractivity contribution in [2.24, 2.45) is 13.0 Å². The number of rotatable bonds is 7. The molecule has 2 fully saturated rings. The number of benzene rings is 2. The van der Waals surface area contributed by atoms with Gasteiger partial charge in [0.1, 0.15) is 12.3 Å². The number of nitrogens with zero attached hydrogens (tertiary/aromatic N) is 5. The van der Waals surface area contributed by atoms with Gasteiger partial charge in [-0.1, -0.05) is 43.2 Å². The maximum atomic E-state index is 15.7. The topological polar surface area (TPSA) is 68.1 Å². The predicted octanol–water partition coefficient (Wildman–Crippen LogP) is 5.48. The number of nitrogens with one attached hydrogen (secondary N) is 1. The molecule has 3 heterocycles. The molecular weight excluding hydrogens is 531 g/mol. The zero-order valence-corrected chi connectivity index (χ0v) is 21.7. The molecule has 7 nitrogen and oxygen atoms in total. The molecule has 40 heavy (non-hydrogen) atoms. The van der Waals surface area contributed by atoms with Gasteiger partial charge in [-0.15, -0.1) is 0 Å². The molecule has 0 amide bonds. The van der Waals surface area contributed by atoms with Crippen molar-refractivity contribution in [3.8, 4) is 17.0 Å². The molecule has 1 aliphatic carbocycles. The number of anilines is 1. The van der Waals surface area contributed by atoms with Crippen molar-refractivity contribution in [2.45, 2.75) is 38.1 Å². The minimum absolute atomic E-state index is 0.133. The first-order chi connectivity index (χ1) is 19.2. The highest BCUT2D eigenvalue weighted by Crippen LogP contribution is 2.42. The average Bonchev–Trinajstić information content (AvgIpc) is 3.70. The number of hydrogen-bond donors (Lipinski definition) is 1. The van der Waals surface area contributed by atoms with Gasteiger partial charge in [0.25, 0.3) is 0 Å². The highest BCUT2D eigenvalue weighted by molar-refractivity contribution is 5.91. The smallest absolute Gasteiger partial charge is 0.419 e. The summed E-state index contributed by atoms with van der Waals surface area (Å²) >= 11 is 0. The number of fused-ring (bicyclic) bond motifs is 1. The molecule has 0 spiro atoms. The number of halogens is 5. The quantitative estimate of drug-likeness (QED) is 0.303. The number of hydrogen-bond acceptors (Lipinski definition) is 6. The molecule has 1 unspecified atom stereocenters. The van der Waals surface area contributed by atoms with Gasteiger partial charge in [-0.05, 0) is 24.0 Å². The molecule has 1 atom stereocenters. The fourth-order valence-electron chi connectivity index (χ4n) is 5.19. The van der Waals surface area contributed by atoms with Crippen molar-refractivity contribution in [2.75, 3.05) is 24.5 Å². The number of aryl methyl sites for hydroxylation is 1. The summed E-state index contributed by atoms with van der Waals surface area (Å²) in [4.78, 5) is 11.3. The fourth-order valence-corrected chi connectivity index (χ4v) is 5.19. The summed E-state index contributed by atoms with van der Waals surface area (Å²) in [6.07, 6.45) is -0.190. The SMILES string of the molecule is Cn1nc(-c2cc(C(F)(F)F)c(F)c(OCc3ccccc3)c2F)c2cnc(N3CCNCC3CC3CC3)nc21. The first kappa shape index (κ1) is 26.4. The van der Waals surface area contributed by atoms with Crippen LogP contribution in [0.3, 0.4) is 0 Å². The van der Waals surface area contributed by atoms with Crippen LogP contribution in [-0.4, -0.2) is 45.4 Å². The molecule has 1 saturated heterocycles. The molecule has 1 aliphatic heterocycles. The second-order valence-corrected chi connectivity index (χ2v) is 10.3. The summed E-state index contributed by atoms with van der Waals surface area (Å²) in [5.74, 6) is -3.03. The van der Waals surface area contributed by atoms with E-state index in [0.717, 1.165) is 19.5 Å². The molecule has 2 aromatic heterocycles. The molecule has 0 bridgehead atoms. The summed E-state index contributed by atoms with van der Waals surface area (Å²) < 4.78 is 78.9. The molecule has 0 radical (unpaired) electrons. The molecule has 4 aromatic rings. The minimum Gasteiger partial charge on any atom is -0.483 e. The van der Waals surface area contributed by atoms with E-state index in [4.69, 9.17) is 4.74 Å². The zero-order valence-electron chi connectivity index (χ0n) is 21.7. The Bertz CT molecular complexity index is 1540. The maximum Gasteiger partial charge on any atom is 0.419 e. The molecule has 2 aliphatic rings. The summed E-state index contributed by atoms with van der Waals surface area (Å²) in [5.41, 5.74) is -1.46. The van der Waals surface area contributed by atoms with Crippen LogP contribution in [-0.2, 0) is 19.8 Å². The Balaban J connectivity index is 1.41. The standard InChI is InChI=1S/C28H27F5N6O/c1-38-26-20(14-35-27(36-26)39-10-9-34-13-18(39)11-16-7-8-16)24(37-38)19-12-21(28(31,32)33)23(30)25(22(19)29)40-15-17-5-3-2-4-6-17/h2-6,12,14,16,18,34H,7-11,13,15H2,1H3. The van der Waals surface area contributed by atoms with Crippen LogP contribution in [0.15, 0.2) is 42.6 Å². The molecular formula is C28H27F5N6O. The number of aromatic nitrogens is 4. The molecule has 2 aromatic carbocycles. The van der Waals surface area contributed by atoms with Crippen molar-refractivity contribution < 1.29 is 26.7 Å². The van der Waals surface area contributed by atoms with Gasteiger partial charge in [-0.2, -0.15) is 23.3 Å². The van der Waals surface area contributed by atoms with Crippen molar-refractivity contribution in [1.82, 2.24) is 25.1 Å². The molecule has 1 N–H and O–H groups in total. The van der Waals surface area contributed by atoms with Crippen LogP contribution < -0.4 is 15.0 Å². The summed E-state index contributed by atoms with van der Waals surface area (Å²) in [7, 11) is 1.57. The van der Waals surface area contributed by atoms with Crippen molar-refractivity contribution in [1.29, 1.82) is 0 Å². The second-order valence-electron chi connectivity index (χ2n) is 10.3. The second kappa shape index (κ2) is 10.3. The Morgan fingerprint density at radius 3 is 2.60 bits per heavy atom. The van der Waals surface area contributed by atoms with E-state index in [1.807, 2.05) is 0 Å².